The quantitative estimate of drug-likeness (QED) is 0.682. The summed E-state index contributed by atoms with van der Waals surface area (Å²) >= 11 is 0. The molecule has 2 atom stereocenters. The predicted octanol–water partition coefficient (Wildman–Crippen LogP) is 0.573. The number of carbonyl (C=O) groups excluding carboxylic acids is 1. The van der Waals surface area contributed by atoms with E-state index in [0.29, 0.717) is 13.0 Å². The molecular formula is C12H18N2O2. The summed E-state index contributed by atoms with van der Waals surface area (Å²) in [4.78, 5) is 11.6. The van der Waals surface area contributed by atoms with Gasteiger partial charge in [-0.25, -0.2) is 0 Å². The lowest BCUT2D eigenvalue weighted by Crippen LogP contribution is -2.35. The Labute approximate surface area is 95.5 Å². The molecule has 0 aromatic heterocycles. The van der Waals surface area contributed by atoms with Gasteiger partial charge < -0.3 is 16.2 Å². The zero-order chi connectivity index (χ0) is 12.0. The maximum atomic E-state index is 11.6. The van der Waals surface area contributed by atoms with E-state index in [1.165, 1.54) is 0 Å². The first kappa shape index (κ1) is 12.7. The smallest absolute Gasteiger partial charge is 0.241 e. The zero-order valence-corrected chi connectivity index (χ0v) is 9.39. The van der Waals surface area contributed by atoms with Crippen LogP contribution in [0.1, 0.15) is 24.9 Å². The van der Waals surface area contributed by atoms with Crippen molar-refractivity contribution in [1.82, 2.24) is 5.32 Å². The van der Waals surface area contributed by atoms with E-state index in [2.05, 4.69) is 5.32 Å². The topological polar surface area (TPSA) is 75.3 Å². The van der Waals surface area contributed by atoms with Crippen molar-refractivity contribution in [3.63, 3.8) is 0 Å². The summed E-state index contributed by atoms with van der Waals surface area (Å²) in [6.07, 6.45) is 0.126. The third-order valence-corrected chi connectivity index (χ3v) is 2.30. The van der Waals surface area contributed by atoms with Crippen molar-refractivity contribution in [3.8, 4) is 0 Å². The number of nitrogens with two attached hydrogens (primary N) is 1. The van der Waals surface area contributed by atoms with Gasteiger partial charge in [0.05, 0.1) is 6.10 Å². The Balaban J connectivity index is 2.43. The average molecular weight is 222 g/mol. The normalized spacial score (nSPS) is 14.2. The lowest BCUT2D eigenvalue weighted by atomic mass is 10.1. The zero-order valence-electron chi connectivity index (χ0n) is 9.39. The van der Waals surface area contributed by atoms with Crippen LogP contribution in [0.5, 0.6) is 0 Å². The molecule has 0 bridgehead atoms. The Morgan fingerprint density at radius 1 is 1.44 bits per heavy atom. The van der Waals surface area contributed by atoms with Crippen molar-refractivity contribution in [2.24, 2.45) is 5.73 Å². The number of benzene rings is 1. The fourth-order valence-corrected chi connectivity index (χ4v) is 1.33. The first-order chi connectivity index (χ1) is 7.61. The van der Waals surface area contributed by atoms with Crippen LogP contribution in [0.4, 0.5) is 0 Å². The number of nitrogens with one attached hydrogen (secondary N) is 1. The Bertz CT molecular complexity index is 325. The third kappa shape index (κ3) is 4.00. The first-order valence-electron chi connectivity index (χ1n) is 5.37. The molecule has 1 amide bonds. The van der Waals surface area contributed by atoms with Gasteiger partial charge in [-0.15, -0.1) is 0 Å². The summed E-state index contributed by atoms with van der Waals surface area (Å²) < 4.78 is 0. The minimum atomic E-state index is -0.643. The maximum absolute atomic E-state index is 11.6. The highest BCUT2D eigenvalue weighted by Crippen LogP contribution is 2.08. The molecule has 1 rings (SSSR count). The van der Waals surface area contributed by atoms with Crippen LogP contribution in [0.3, 0.4) is 0 Å². The number of aliphatic hydroxyl groups excluding tert-OH is 1. The van der Waals surface area contributed by atoms with Gasteiger partial charge >= 0.3 is 0 Å². The van der Waals surface area contributed by atoms with E-state index in [4.69, 9.17) is 10.8 Å². The molecule has 0 heterocycles. The maximum Gasteiger partial charge on any atom is 0.241 e. The minimum Gasteiger partial charge on any atom is -0.393 e. The molecule has 0 aliphatic rings. The molecule has 1 unspecified atom stereocenters. The van der Waals surface area contributed by atoms with Crippen molar-refractivity contribution < 1.29 is 9.90 Å². The number of amides is 1. The fraction of sp³-hybridized carbons (Fsp3) is 0.417. The van der Waals surface area contributed by atoms with E-state index in [0.717, 1.165) is 5.56 Å². The third-order valence-electron chi connectivity index (χ3n) is 2.30. The van der Waals surface area contributed by atoms with Gasteiger partial charge in [-0.2, -0.15) is 0 Å². The molecule has 0 aliphatic carbocycles. The van der Waals surface area contributed by atoms with E-state index in [1.807, 2.05) is 30.3 Å². The van der Waals surface area contributed by atoms with Crippen molar-refractivity contribution in [2.45, 2.75) is 25.5 Å². The molecule has 4 heteroatoms. The van der Waals surface area contributed by atoms with Gasteiger partial charge in [-0.05, 0) is 18.9 Å². The second kappa shape index (κ2) is 6.25. The van der Waals surface area contributed by atoms with Crippen molar-refractivity contribution in [3.05, 3.63) is 35.9 Å². The fourth-order valence-electron chi connectivity index (χ4n) is 1.33. The van der Waals surface area contributed by atoms with E-state index < -0.39 is 12.1 Å². The Kier molecular flexibility index (Phi) is 4.95. The molecular weight excluding hydrogens is 204 g/mol. The molecule has 16 heavy (non-hydrogen) atoms. The van der Waals surface area contributed by atoms with Gasteiger partial charge in [-0.1, -0.05) is 30.3 Å². The van der Waals surface area contributed by atoms with E-state index >= 15 is 0 Å². The van der Waals surface area contributed by atoms with Crippen molar-refractivity contribution >= 4 is 5.91 Å². The van der Waals surface area contributed by atoms with Crippen LogP contribution in [0.2, 0.25) is 0 Å². The van der Waals surface area contributed by atoms with Gasteiger partial charge in [0.2, 0.25) is 5.91 Å². The highest BCUT2D eigenvalue weighted by atomic mass is 16.3. The SMILES string of the molecule is CC(O)CCNC(=O)[C@@H](N)c1ccccc1. The van der Waals surface area contributed by atoms with Crippen LogP contribution < -0.4 is 11.1 Å². The number of aliphatic hydroxyl groups is 1. The molecule has 1 aromatic carbocycles. The van der Waals surface area contributed by atoms with Crippen LogP contribution in [0.25, 0.3) is 0 Å². The molecule has 0 fully saturated rings. The monoisotopic (exact) mass is 222 g/mol. The molecule has 0 radical (unpaired) electrons. The number of rotatable bonds is 5. The van der Waals surface area contributed by atoms with Crippen LogP contribution in [0, 0.1) is 0 Å². The van der Waals surface area contributed by atoms with Crippen molar-refractivity contribution in [1.29, 1.82) is 0 Å². The molecule has 0 spiro atoms. The summed E-state index contributed by atoms with van der Waals surface area (Å²) in [5, 5.41) is 11.7. The van der Waals surface area contributed by atoms with Gasteiger partial charge in [0.25, 0.3) is 0 Å². The summed E-state index contributed by atoms with van der Waals surface area (Å²) in [5.41, 5.74) is 6.57. The Morgan fingerprint density at radius 3 is 2.62 bits per heavy atom. The van der Waals surface area contributed by atoms with Gasteiger partial charge in [-0.3, -0.25) is 4.79 Å². The Hall–Kier alpha value is -1.39. The molecule has 0 saturated heterocycles. The van der Waals surface area contributed by atoms with Crippen LogP contribution >= 0.6 is 0 Å². The van der Waals surface area contributed by atoms with Gasteiger partial charge in [0.15, 0.2) is 0 Å². The van der Waals surface area contributed by atoms with E-state index in [9.17, 15) is 4.79 Å². The molecule has 4 nitrogen and oxygen atoms in total. The lowest BCUT2D eigenvalue weighted by Gasteiger charge is -2.12. The number of hydrogen-bond acceptors (Lipinski definition) is 3. The number of carbonyl (C=O) groups is 1. The van der Waals surface area contributed by atoms with Gasteiger partial charge in [0.1, 0.15) is 6.04 Å². The first-order valence-corrected chi connectivity index (χ1v) is 5.37. The summed E-state index contributed by atoms with van der Waals surface area (Å²) in [5.74, 6) is -0.216. The summed E-state index contributed by atoms with van der Waals surface area (Å²) in [6, 6.07) is 8.56. The standard InChI is InChI=1S/C12H18N2O2/c1-9(15)7-8-14-12(16)11(13)10-5-3-2-4-6-10/h2-6,9,11,15H,7-8,13H2,1H3,(H,14,16)/t9?,11-/m0/s1. The summed E-state index contributed by atoms with van der Waals surface area (Å²) in [7, 11) is 0. The molecule has 0 aliphatic heterocycles. The van der Waals surface area contributed by atoms with E-state index in [-0.39, 0.29) is 5.91 Å². The molecule has 1 aromatic rings. The van der Waals surface area contributed by atoms with Gasteiger partial charge in [0, 0.05) is 6.54 Å². The summed E-state index contributed by atoms with van der Waals surface area (Å²) in [6.45, 7) is 2.13. The second-order valence-electron chi connectivity index (χ2n) is 3.82. The van der Waals surface area contributed by atoms with Crippen LogP contribution in [-0.2, 0) is 4.79 Å². The Morgan fingerprint density at radius 2 is 2.06 bits per heavy atom. The number of hydrogen-bond donors (Lipinski definition) is 3. The molecule has 4 N–H and O–H groups in total. The predicted molar refractivity (Wildman–Crippen MR) is 62.7 cm³/mol. The molecule has 88 valence electrons. The van der Waals surface area contributed by atoms with E-state index in [1.54, 1.807) is 6.92 Å². The highest BCUT2D eigenvalue weighted by Gasteiger charge is 2.14. The highest BCUT2D eigenvalue weighted by molar-refractivity contribution is 5.82. The largest absolute Gasteiger partial charge is 0.393 e. The second-order valence-corrected chi connectivity index (χ2v) is 3.82. The van der Waals surface area contributed by atoms with Crippen LogP contribution in [0.15, 0.2) is 30.3 Å². The minimum absolute atomic E-state index is 0.216. The molecule has 0 saturated carbocycles. The van der Waals surface area contributed by atoms with Crippen molar-refractivity contribution in [2.75, 3.05) is 6.54 Å². The lowest BCUT2D eigenvalue weighted by molar-refractivity contribution is -0.122. The average Bonchev–Trinajstić information content (AvgIpc) is 2.28. The van der Waals surface area contributed by atoms with Crippen LogP contribution in [-0.4, -0.2) is 23.7 Å².